The molecule has 0 amide bonds. The van der Waals surface area contributed by atoms with Crippen LogP contribution in [-0.2, 0) is 17.3 Å². The minimum Gasteiger partial charge on any atom is -0.481 e. The Labute approximate surface area is 183 Å². The van der Waals surface area contributed by atoms with Gasteiger partial charge in [-0.2, -0.15) is 5.10 Å². The second kappa shape index (κ2) is 7.31. The maximum absolute atomic E-state index is 11.9. The van der Waals surface area contributed by atoms with Gasteiger partial charge in [0.1, 0.15) is 5.41 Å². The second-order valence-electron chi connectivity index (χ2n) is 7.74. The van der Waals surface area contributed by atoms with Crippen molar-refractivity contribution >= 4 is 40.5 Å². The number of carboxylic acids is 1. The van der Waals surface area contributed by atoms with Crippen molar-refractivity contribution in [1.29, 1.82) is 0 Å². The van der Waals surface area contributed by atoms with Gasteiger partial charge in [-0.15, -0.1) is 0 Å². The number of aryl methyl sites for hydroxylation is 1. The van der Waals surface area contributed by atoms with Gasteiger partial charge in [0, 0.05) is 17.6 Å². The minimum atomic E-state index is -0.907. The van der Waals surface area contributed by atoms with E-state index in [4.69, 9.17) is 5.73 Å². The topological polar surface area (TPSA) is 106 Å². The number of fused-ring (bicyclic) bond motifs is 1. The van der Waals surface area contributed by atoms with E-state index in [9.17, 15) is 9.90 Å². The summed E-state index contributed by atoms with van der Waals surface area (Å²) in [4.78, 5) is 17.7. The summed E-state index contributed by atoms with van der Waals surface area (Å²) in [6, 6.07) is 19.9. The van der Waals surface area contributed by atoms with Gasteiger partial charge in [0.05, 0.1) is 11.1 Å². The van der Waals surface area contributed by atoms with Crippen molar-refractivity contribution < 1.29 is 9.90 Å². The summed E-state index contributed by atoms with van der Waals surface area (Å²) < 4.78 is 4.95. The number of nitrogens with one attached hydrogen (secondary N) is 1. The number of pyridine rings is 1. The molecular weight excluding hydrogens is 410 g/mol. The minimum absolute atomic E-state index is 0.383. The van der Waals surface area contributed by atoms with Crippen LogP contribution in [0.4, 0.5) is 11.5 Å². The number of hydrogen-bond donors (Lipinski definition) is 3. The monoisotopic (exact) mass is 431 g/mol. The van der Waals surface area contributed by atoms with Crippen LogP contribution in [0.25, 0.3) is 22.2 Å². The lowest BCUT2D eigenvalue weighted by Crippen LogP contribution is -2.21. The summed E-state index contributed by atoms with van der Waals surface area (Å²) in [5.74, 6) is -0.452. The summed E-state index contributed by atoms with van der Waals surface area (Å²) in [6.07, 6.45) is 1.18. The van der Waals surface area contributed by atoms with E-state index in [1.165, 1.54) is 0 Å². The lowest BCUT2D eigenvalue weighted by Gasteiger charge is -2.13. The molecule has 0 spiro atoms. The van der Waals surface area contributed by atoms with E-state index < -0.39 is 11.4 Å². The molecule has 8 heteroatoms. The van der Waals surface area contributed by atoms with Crippen molar-refractivity contribution in [1.82, 2.24) is 14.8 Å². The third-order valence-electron chi connectivity index (χ3n) is 5.70. The van der Waals surface area contributed by atoms with Crippen molar-refractivity contribution in [3.05, 3.63) is 66.4 Å². The first-order chi connectivity index (χ1) is 15.0. The lowest BCUT2D eigenvalue weighted by atomic mass is 9.96. The van der Waals surface area contributed by atoms with Crippen molar-refractivity contribution in [3.8, 4) is 11.1 Å². The molecule has 31 heavy (non-hydrogen) atoms. The smallest absolute Gasteiger partial charge is 0.315 e. The van der Waals surface area contributed by atoms with E-state index in [0.717, 1.165) is 27.1 Å². The zero-order valence-electron chi connectivity index (χ0n) is 16.9. The molecule has 2 aromatic carbocycles. The zero-order valence-corrected chi connectivity index (χ0v) is 17.7. The Balaban J connectivity index is 1.52. The predicted molar refractivity (Wildman–Crippen MR) is 123 cm³/mol. The third-order valence-corrected chi connectivity index (χ3v) is 6.54. The van der Waals surface area contributed by atoms with Gasteiger partial charge in [-0.05, 0) is 66.2 Å². The molecule has 0 aliphatic heterocycles. The number of nitrogen functional groups attached to an aromatic ring is 1. The Bertz CT molecular complexity index is 1280. The molecule has 0 atom stereocenters. The van der Waals surface area contributed by atoms with E-state index in [1.807, 2.05) is 60.7 Å². The quantitative estimate of drug-likeness (QED) is 0.387. The van der Waals surface area contributed by atoms with Crippen LogP contribution in [0.1, 0.15) is 18.5 Å². The largest absolute Gasteiger partial charge is 0.481 e. The first-order valence-corrected chi connectivity index (χ1v) is 10.7. The molecule has 2 heterocycles. The van der Waals surface area contributed by atoms with Crippen LogP contribution in [0.15, 0.2) is 65.6 Å². The molecule has 1 aliphatic rings. The lowest BCUT2D eigenvalue weighted by molar-refractivity contribution is -0.140. The number of carbonyl (C=O) groups is 1. The Kier molecular flexibility index (Phi) is 4.59. The normalized spacial score (nSPS) is 14.5. The van der Waals surface area contributed by atoms with E-state index >= 15 is 0 Å². The zero-order chi connectivity index (χ0) is 21.6. The van der Waals surface area contributed by atoms with Crippen LogP contribution in [0, 0.1) is 0 Å². The average molecular weight is 432 g/mol. The Hall–Kier alpha value is -3.52. The summed E-state index contributed by atoms with van der Waals surface area (Å²) in [7, 11) is 1.77. The highest BCUT2D eigenvalue weighted by Gasteiger charge is 2.53. The first-order valence-electron chi connectivity index (χ1n) is 9.93. The van der Waals surface area contributed by atoms with Gasteiger partial charge in [-0.3, -0.25) is 4.79 Å². The average Bonchev–Trinajstić information content (AvgIpc) is 3.55. The fourth-order valence-corrected chi connectivity index (χ4v) is 4.44. The molecule has 0 radical (unpaired) electrons. The van der Waals surface area contributed by atoms with Crippen LogP contribution in [0.3, 0.4) is 0 Å². The van der Waals surface area contributed by atoms with Gasteiger partial charge in [-0.1, -0.05) is 30.3 Å². The summed E-state index contributed by atoms with van der Waals surface area (Å²) >= 11 is 1.54. The van der Waals surface area contributed by atoms with Crippen molar-refractivity contribution in [2.24, 2.45) is 7.05 Å². The van der Waals surface area contributed by atoms with Crippen molar-refractivity contribution in [3.63, 3.8) is 0 Å². The maximum atomic E-state index is 11.9. The molecule has 7 nitrogen and oxygen atoms in total. The molecule has 4 aromatic rings. The van der Waals surface area contributed by atoms with Crippen LogP contribution < -0.4 is 10.5 Å². The number of rotatable bonds is 6. The fraction of sp³-hybridized carbons (Fsp3) is 0.174. The number of aliphatic carboxylic acids is 1. The summed E-state index contributed by atoms with van der Waals surface area (Å²) in [5, 5.41) is 14.8. The summed E-state index contributed by atoms with van der Waals surface area (Å²) in [6.45, 7) is 0. The van der Waals surface area contributed by atoms with Crippen LogP contribution in [-0.4, -0.2) is 25.8 Å². The molecule has 5 rings (SSSR count). The van der Waals surface area contributed by atoms with Gasteiger partial charge in [0.15, 0.2) is 11.5 Å². The Morgan fingerprint density at radius 1 is 1.16 bits per heavy atom. The van der Waals surface area contributed by atoms with Gasteiger partial charge in [-0.25, -0.2) is 9.67 Å². The number of nitrogens with two attached hydrogens (primary N) is 1. The number of benzene rings is 2. The summed E-state index contributed by atoms with van der Waals surface area (Å²) in [5.41, 5.74) is 9.19. The second-order valence-corrected chi connectivity index (χ2v) is 8.62. The number of aromatic nitrogens is 3. The van der Waals surface area contributed by atoms with Crippen LogP contribution in [0.2, 0.25) is 0 Å². The molecule has 156 valence electrons. The maximum Gasteiger partial charge on any atom is 0.315 e. The first kappa shape index (κ1) is 19.4. The van der Waals surface area contributed by atoms with Gasteiger partial charge in [0.25, 0.3) is 0 Å². The highest BCUT2D eigenvalue weighted by Crippen LogP contribution is 2.49. The fourth-order valence-electron chi connectivity index (χ4n) is 3.78. The highest BCUT2D eigenvalue weighted by atomic mass is 32.2. The molecular formula is C23H21N5O2S. The van der Waals surface area contributed by atoms with E-state index in [2.05, 4.69) is 14.8 Å². The highest BCUT2D eigenvalue weighted by molar-refractivity contribution is 8.00. The van der Waals surface area contributed by atoms with E-state index in [-0.39, 0.29) is 0 Å². The Morgan fingerprint density at radius 2 is 1.87 bits per heavy atom. The van der Waals surface area contributed by atoms with E-state index in [1.54, 1.807) is 23.7 Å². The van der Waals surface area contributed by atoms with E-state index in [0.29, 0.717) is 30.0 Å². The molecule has 0 bridgehead atoms. The van der Waals surface area contributed by atoms with Crippen molar-refractivity contribution in [2.45, 2.75) is 23.2 Å². The predicted octanol–water partition coefficient (Wildman–Crippen LogP) is 4.45. The standard InChI is InChI=1S/C23H21N5O2S/c1-28-21-19(20(24)26-28)17(13-18(25-21)23(11-12-23)22(29)30)14-7-9-15(10-8-14)27-31-16-5-3-2-4-6-16/h2-10,13,27H,11-12H2,1H3,(H2,24,26)(H,29,30). The number of nitrogens with zero attached hydrogens (tertiary/aromatic N) is 3. The molecule has 1 fully saturated rings. The number of anilines is 2. The molecule has 0 unspecified atom stereocenters. The van der Waals surface area contributed by atoms with Gasteiger partial charge < -0.3 is 15.6 Å². The molecule has 4 N–H and O–H groups in total. The molecule has 2 aromatic heterocycles. The Morgan fingerprint density at radius 3 is 2.52 bits per heavy atom. The molecule has 1 aliphatic carbocycles. The van der Waals surface area contributed by atoms with Gasteiger partial charge in [0.2, 0.25) is 0 Å². The van der Waals surface area contributed by atoms with Crippen LogP contribution >= 0.6 is 11.9 Å². The van der Waals surface area contributed by atoms with Crippen LogP contribution in [0.5, 0.6) is 0 Å². The number of carboxylic acid groups (broad SMARTS) is 1. The van der Waals surface area contributed by atoms with Gasteiger partial charge >= 0.3 is 5.97 Å². The molecule has 1 saturated carbocycles. The van der Waals surface area contributed by atoms with Crippen molar-refractivity contribution in [2.75, 3.05) is 10.5 Å². The third kappa shape index (κ3) is 3.38. The molecule has 0 saturated heterocycles. The number of hydrogen-bond acceptors (Lipinski definition) is 6. The SMILES string of the molecule is Cn1nc(N)c2c(-c3ccc(NSc4ccccc4)cc3)cc(C3(C(=O)O)CC3)nc21.